The summed E-state index contributed by atoms with van der Waals surface area (Å²) < 4.78 is 5.51. The molecule has 2 atom stereocenters. The van der Waals surface area contributed by atoms with Crippen molar-refractivity contribution in [2.45, 2.75) is 418 Å². The van der Waals surface area contributed by atoms with E-state index in [-0.39, 0.29) is 18.5 Å². The summed E-state index contributed by atoms with van der Waals surface area (Å²) in [4.78, 5) is 24.5. The second-order valence-corrected chi connectivity index (χ2v) is 24.9. The number of aliphatic hydroxyl groups excluding tert-OH is 2. The summed E-state index contributed by atoms with van der Waals surface area (Å²) >= 11 is 0. The number of hydrogen-bond acceptors (Lipinski definition) is 5. The Balaban J connectivity index is 3.30. The molecule has 6 nitrogen and oxygen atoms in total. The van der Waals surface area contributed by atoms with Gasteiger partial charge < -0.3 is 20.3 Å². The number of carbonyl (C=O) groups excluding carboxylic acids is 2. The van der Waals surface area contributed by atoms with E-state index < -0.39 is 12.1 Å². The molecule has 468 valence electrons. The minimum absolute atomic E-state index is 0.0179. The minimum atomic E-state index is -0.659. The first-order valence-electron chi connectivity index (χ1n) is 36.1. The van der Waals surface area contributed by atoms with Crippen LogP contribution >= 0.6 is 0 Å². The summed E-state index contributed by atoms with van der Waals surface area (Å²) in [6.07, 6.45) is 86.9. The average Bonchev–Trinajstić information content (AvgIpc) is 3.45. The van der Waals surface area contributed by atoms with Crippen LogP contribution in [0.3, 0.4) is 0 Å². The summed E-state index contributed by atoms with van der Waals surface area (Å²) in [5.41, 5.74) is 0. The number of nitrogens with one attached hydrogen (secondary N) is 1. The monoisotopic (exact) mass is 1110 g/mol. The number of ether oxygens (including phenoxy) is 1. The standard InChI is InChI=1S/C73H141NO5/c1-3-5-7-9-11-13-14-15-16-17-38-41-44-47-51-55-59-63-67-73(78)79-68-64-60-56-52-48-45-42-39-36-34-32-30-28-26-24-22-20-18-19-21-23-25-27-29-31-33-35-37-40-43-46-50-54-58-62-66-72(77)74-70(69-75)71(76)65-61-57-53-49-12-10-8-6-4-2/h16-17,20,22,70-71,75-76H,3-15,18-19,21,23-69H2,1-2H3,(H,74,77)/b17-16-,22-20-. The van der Waals surface area contributed by atoms with E-state index in [2.05, 4.69) is 43.5 Å². The Bertz CT molecular complexity index is 1230. The van der Waals surface area contributed by atoms with E-state index in [1.165, 1.54) is 327 Å². The van der Waals surface area contributed by atoms with Crippen LogP contribution in [-0.4, -0.2) is 47.4 Å². The zero-order valence-corrected chi connectivity index (χ0v) is 53.6. The molecular weight excluding hydrogens is 971 g/mol. The molecule has 0 heterocycles. The molecule has 0 aromatic heterocycles. The van der Waals surface area contributed by atoms with Crippen LogP contribution in [0.15, 0.2) is 24.3 Å². The Kier molecular flexibility index (Phi) is 67.4. The fourth-order valence-electron chi connectivity index (χ4n) is 11.5. The molecule has 3 N–H and O–H groups in total. The third kappa shape index (κ3) is 65.4. The van der Waals surface area contributed by atoms with E-state index in [0.717, 1.165) is 44.9 Å². The Hall–Kier alpha value is -1.66. The van der Waals surface area contributed by atoms with Gasteiger partial charge in [-0.25, -0.2) is 0 Å². The second kappa shape index (κ2) is 68.8. The molecule has 0 aromatic rings. The molecular formula is C73H141NO5. The Morgan fingerprint density at radius 2 is 0.595 bits per heavy atom. The van der Waals surface area contributed by atoms with Crippen LogP contribution in [-0.2, 0) is 14.3 Å². The van der Waals surface area contributed by atoms with Crippen molar-refractivity contribution in [2.24, 2.45) is 0 Å². The molecule has 0 aliphatic rings. The molecule has 0 fully saturated rings. The molecule has 0 spiro atoms. The molecule has 0 bridgehead atoms. The third-order valence-corrected chi connectivity index (χ3v) is 17.0. The lowest BCUT2D eigenvalue weighted by molar-refractivity contribution is -0.143. The van der Waals surface area contributed by atoms with E-state index in [4.69, 9.17) is 4.74 Å². The molecule has 79 heavy (non-hydrogen) atoms. The maximum absolute atomic E-state index is 12.4. The Labute approximate surface area is 494 Å². The normalized spacial score (nSPS) is 12.6. The number of allylic oxidation sites excluding steroid dienone is 4. The van der Waals surface area contributed by atoms with E-state index in [1.807, 2.05) is 0 Å². The van der Waals surface area contributed by atoms with Crippen molar-refractivity contribution < 1.29 is 24.5 Å². The zero-order valence-electron chi connectivity index (χ0n) is 53.6. The smallest absolute Gasteiger partial charge is 0.305 e. The highest BCUT2D eigenvalue weighted by atomic mass is 16.5. The van der Waals surface area contributed by atoms with Crippen molar-refractivity contribution in [3.63, 3.8) is 0 Å². The number of carbonyl (C=O) groups is 2. The van der Waals surface area contributed by atoms with Crippen LogP contribution in [0.25, 0.3) is 0 Å². The molecule has 0 aliphatic heterocycles. The molecule has 0 aliphatic carbocycles. The van der Waals surface area contributed by atoms with Gasteiger partial charge in [-0.3, -0.25) is 9.59 Å². The number of esters is 1. The molecule has 0 aromatic carbocycles. The lowest BCUT2D eigenvalue weighted by Crippen LogP contribution is -2.45. The van der Waals surface area contributed by atoms with E-state index in [9.17, 15) is 19.8 Å². The first-order chi connectivity index (χ1) is 39.0. The highest BCUT2D eigenvalue weighted by Gasteiger charge is 2.20. The Morgan fingerprint density at radius 3 is 0.899 bits per heavy atom. The predicted octanol–water partition coefficient (Wildman–Crippen LogP) is 23.3. The predicted molar refractivity (Wildman–Crippen MR) is 347 cm³/mol. The van der Waals surface area contributed by atoms with E-state index >= 15 is 0 Å². The lowest BCUT2D eigenvalue weighted by atomic mass is 10.0. The van der Waals surface area contributed by atoms with Gasteiger partial charge in [0, 0.05) is 12.8 Å². The van der Waals surface area contributed by atoms with Gasteiger partial charge in [0.05, 0.1) is 25.4 Å². The first kappa shape index (κ1) is 77.3. The van der Waals surface area contributed by atoms with Gasteiger partial charge in [-0.2, -0.15) is 0 Å². The quantitative estimate of drug-likeness (QED) is 0.0320. The molecule has 0 radical (unpaired) electrons. The molecule has 0 saturated carbocycles. The molecule has 0 saturated heterocycles. The van der Waals surface area contributed by atoms with Crippen molar-refractivity contribution in [1.29, 1.82) is 0 Å². The fourth-order valence-corrected chi connectivity index (χ4v) is 11.5. The van der Waals surface area contributed by atoms with Crippen molar-refractivity contribution >= 4 is 11.9 Å². The largest absolute Gasteiger partial charge is 0.466 e. The SMILES string of the molecule is CCCCCCCCC/C=C\CCCCCCCCCC(=O)OCCCCCCCCCCCCCCCC/C=C\CCCCCCCCCCCCCCCCCCCC(=O)NC(CO)C(O)CCCCCCCCCCC. The second-order valence-electron chi connectivity index (χ2n) is 24.9. The van der Waals surface area contributed by atoms with Crippen molar-refractivity contribution in [3.05, 3.63) is 24.3 Å². The van der Waals surface area contributed by atoms with Gasteiger partial charge in [-0.05, 0) is 77.0 Å². The molecule has 0 rings (SSSR count). The summed E-state index contributed by atoms with van der Waals surface area (Å²) in [6, 6.07) is -0.536. The Morgan fingerprint density at radius 1 is 0.342 bits per heavy atom. The number of unbranched alkanes of at least 4 members (excludes halogenated alkanes) is 53. The molecule has 2 unspecified atom stereocenters. The summed E-state index contributed by atoms with van der Waals surface area (Å²) in [6.45, 7) is 4.96. The number of hydrogen-bond donors (Lipinski definition) is 3. The lowest BCUT2D eigenvalue weighted by Gasteiger charge is -2.22. The number of rotatable bonds is 68. The van der Waals surface area contributed by atoms with E-state index in [1.54, 1.807) is 0 Å². The van der Waals surface area contributed by atoms with Crippen LogP contribution < -0.4 is 5.32 Å². The fraction of sp³-hybridized carbons (Fsp3) is 0.918. The topological polar surface area (TPSA) is 95.9 Å². The van der Waals surface area contributed by atoms with Crippen LogP contribution in [0.2, 0.25) is 0 Å². The first-order valence-corrected chi connectivity index (χ1v) is 36.1. The average molecular weight is 1110 g/mol. The van der Waals surface area contributed by atoms with Crippen LogP contribution in [0.4, 0.5) is 0 Å². The highest BCUT2D eigenvalue weighted by Crippen LogP contribution is 2.19. The van der Waals surface area contributed by atoms with Gasteiger partial charge >= 0.3 is 5.97 Å². The highest BCUT2D eigenvalue weighted by molar-refractivity contribution is 5.76. The van der Waals surface area contributed by atoms with Crippen LogP contribution in [0.1, 0.15) is 406 Å². The number of aliphatic hydroxyl groups is 2. The van der Waals surface area contributed by atoms with Crippen LogP contribution in [0, 0.1) is 0 Å². The van der Waals surface area contributed by atoms with Gasteiger partial charge in [0.2, 0.25) is 5.91 Å². The maximum Gasteiger partial charge on any atom is 0.305 e. The van der Waals surface area contributed by atoms with Gasteiger partial charge in [0.15, 0.2) is 0 Å². The van der Waals surface area contributed by atoms with Crippen molar-refractivity contribution in [2.75, 3.05) is 13.2 Å². The van der Waals surface area contributed by atoms with Gasteiger partial charge in [0.25, 0.3) is 0 Å². The van der Waals surface area contributed by atoms with Crippen molar-refractivity contribution in [3.8, 4) is 0 Å². The maximum atomic E-state index is 12.4. The summed E-state index contributed by atoms with van der Waals surface area (Å²) in [5.74, 6) is -0.0141. The van der Waals surface area contributed by atoms with Gasteiger partial charge in [-0.15, -0.1) is 0 Å². The minimum Gasteiger partial charge on any atom is -0.466 e. The van der Waals surface area contributed by atoms with Gasteiger partial charge in [-0.1, -0.05) is 340 Å². The zero-order chi connectivity index (χ0) is 57.1. The third-order valence-electron chi connectivity index (χ3n) is 17.0. The van der Waals surface area contributed by atoms with E-state index in [0.29, 0.717) is 25.9 Å². The van der Waals surface area contributed by atoms with Crippen molar-refractivity contribution in [1.82, 2.24) is 5.32 Å². The summed E-state index contributed by atoms with van der Waals surface area (Å²) in [5, 5.41) is 23.1. The van der Waals surface area contributed by atoms with Crippen LogP contribution in [0.5, 0.6) is 0 Å². The van der Waals surface area contributed by atoms with Gasteiger partial charge in [0.1, 0.15) is 0 Å². The molecule has 6 heteroatoms. The summed E-state index contributed by atoms with van der Waals surface area (Å²) in [7, 11) is 0. The number of amides is 1. The molecule has 1 amide bonds.